The van der Waals surface area contributed by atoms with Gasteiger partial charge in [-0.25, -0.2) is 0 Å². The number of hydrogen-bond acceptors (Lipinski definition) is 3. The van der Waals surface area contributed by atoms with E-state index in [0.29, 0.717) is 12.2 Å². The summed E-state index contributed by atoms with van der Waals surface area (Å²) in [6, 6.07) is 7.89. The topological polar surface area (TPSA) is 64.2 Å². The number of benzene rings is 1. The molecule has 0 aliphatic rings. The van der Waals surface area contributed by atoms with Crippen molar-refractivity contribution in [1.29, 1.82) is 0 Å². The molecule has 0 bridgehead atoms. The average Bonchev–Trinajstić information content (AvgIpc) is 2.77. The van der Waals surface area contributed by atoms with Crippen LogP contribution in [0.25, 0.3) is 0 Å². The molecule has 1 aromatic carbocycles. The zero-order valence-corrected chi connectivity index (χ0v) is 12.2. The summed E-state index contributed by atoms with van der Waals surface area (Å²) in [4.78, 5) is 13.7. The first-order chi connectivity index (χ1) is 9.04. The van der Waals surface area contributed by atoms with Crippen LogP contribution in [0.1, 0.15) is 5.56 Å². The van der Waals surface area contributed by atoms with Crippen LogP contribution in [0.4, 0.5) is 5.69 Å². The highest BCUT2D eigenvalue weighted by atomic mass is 79.9. The molecular formula is C13H15BrN4O. The molecule has 0 saturated carbocycles. The summed E-state index contributed by atoms with van der Waals surface area (Å²) in [7, 11) is 1.78. The molecule has 0 spiro atoms. The Hall–Kier alpha value is -1.82. The van der Waals surface area contributed by atoms with Crippen molar-refractivity contribution in [3.8, 4) is 0 Å². The molecule has 2 N–H and O–H groups in total. The van der Waals surface area contributed by atoms with Crippen molar-refractivity contribution < 1.29 is 4.79 Å². The number of nitrogen functional groups attached to an aromatic ring is 1. The van der Waals surface area contributed by atoms with E-state index in [4.69, 9.17) is 5.73 Å². The van der Waals surface area contributed by atoms with Gasteiger partial charge in [0.1, 0.15) is 6.54 Å². The van der Waals surface area contributed by atoms with Crippen molar-refractivity contribution in [3.63, 3.8) is 0 Å². The molecule has 0 aliphatic heterocycles. The van der Waals surface area contributed by atoms with Gasteiger partial charge in [-0.3, -0.25) is 9.48 Å². The highest BCUT2D eigenvalue weighted by Gasteiger charge is 2.10. The number of halogens is 1. The van der Waals surface area contributed by atoms with E-state index in [1.54, 1.807) is 18.1 Å². The molecule has 0 aliphatic carbocycles. The van der Waals surface area contributed by atoms with Gasteiger partial charge in [0.15, 0.2) is 0 Å². The maximum absolute atomic E-state index is 12.0. The number of anilines is 1. The Kier molecular flexibility index (Phi) is 4.21. The zero-order valence-electron chi connectivity index (χ0n) is 10.6. The fourth-order valence-electron chi connectivity index (χ4n) is 1.68. The van der Waals surface area contributed by atoms with Gasteiger partial charge < -0.3 is 10.6 Å². The van der Waals surface area contributed by atoms with Gasteiger partial charge in [-0.15, -0.1) is 0 Å². The Labute approximate surface area is 120 Å². The quantitative estimate of drug-likeness (QED) is 0.934. The van der Waals surface area contributed by atoms with Crippen LogP contribution >= 0.6 is 15.9 Å². The lowest BCUT2D eigenvalue weighted by Gasteiger charge is -2.17. The first-order valence-corrected chi connectivity index (χ1v) is 6.60. The molecule has 1 heterocycles. The molecule has 0 radical (unpaired) electrons. The minimum absolute atomic E-state index is 0.00832. The van der Waals surface area contributed by atoms with Gasteiger partial charge in [0.2, 0.25) is 5.91 Å². The predicted molar refractivity (Wildman–Crippen MR) is 77.3 cm³/mol. The van der Waals surface area contributed by atoms with E-state index in [1.165, 1.54) is 10.9 Å². The van der Waals surface area contributed by atoms with Crippen molar-refractivity contribution in [1.82, 2.24) is 14.7 Å². The van der Waals surface area contributed by atoms with Crippen molar-refractivity contribution in [2.75, 3.05) is 12.8 Å². The standard InChI is InChI=1S/C13H15BrN4O/c1-17(7-10-2-4-11(14)5-3-10)13(19)9-18-8-12(15)6-16-18/h2-6,8H,7,9,15H2,1H3. The molecule has 0 atom stereocenters. The third-order valence-electron chi connectivity index (χ3n) is 2.71. The van der Waals surface area contributed by atoms with Gasteiger partial charge in [-0.05, 0) is 17.7 Å². The van der Waals surface area contributed by atoms with Crippen LogP contribution in [-0.4, -0.2) is 27.6 Å². The van der Waals surface area contributed by atoms with E-state index >= 15 is 0 Å². The second-order valence-corrected chi connectivity index (χ2v) is 5.26. The van der Waals surface area contributed by atoms with Crippen molar-refractivity contribution >= 4 is 27.5 Å². The van der Waals surface area contributed by atoms with Crippen LogP contribution in [-0.2, 0) is 17.9 Å². The van der Waals surface area contributed by atoms with Crippen LogP contribution in [0.5, 0.6) is 0 Å². The Morgan fingerprint density at radius 3 is 2.68 bits per heavy atom. The minimum atomic E-state index is -0.00832. The summed E-state index contributed by atoms with van der Waals surface area (Å²) < 4.78 is 2.56. The largest absolute Gasteiger partial charge is 0.396 e. The number of likely N-dealkylation sites (N-methyl/N-ethyl adjacent to an activating group) is 1. The lowest BCUT2D eigenvalue weighted by atomic mass is 10.2. The van der Waals surface area contributed by atoms with E-state index in [-0.39, 0.29) is 12.5 Å². The lowest BCUT2D eigenvalue weighted by Crippen LogP contribution is -2.29. The molecule has 6 heteroatoms. The summed E-state index contributed by atoms with van der Waals surface area (Å²) in [5.41, 5.74) is 7.20. The maximum Gasteiger partial charge on any atom is 0.244 e. The monoisotopic (exact) mass is 322 g/mol. The number of rotatable bonds is 4. The molecule has 0 fully saturated rings. The van der Waals surface area contributed by atoms with Gasteiger partial charge in [-0.2, -0.15) is 5.10 Å². The van der Waals surface area contributed by atoms with Crippen LogP contribution in [0.3, 0.4) is 0 Å². The van der Waals surface area contributed by atoms with Crippen LogP contribution < -0.4 is 5.73 Å². The number of nitrogens with zero attached hydrogens (tertiary/aromatic N) is 3. The number of nitrogens with two attached hydrogens (primary N) is 1. The fraction of sp³-hybridized carbons (Fsp3) is 0.231. The molecule has 1 amide bonds. The maximum atomic E-state index is 12.0. The van der Waals surface area contributed by atoms with Crippen LogP contribution in [0.15, 0.2) is 41.1 Å². The molecule has 0 unspecified atom stereocenters. The van der Waals surface area contributed by atoms with Crippen LogP contribution in [0, 0.1) is 0 Å². The summed E-state index contributed by atoms with van der Waals surface area (Å²) >= 11 is 3.38. The fourth-order valence-corrected chi connectivity index (χ4v) is 1.94. The normalized spacial score (nSPS) is 10.4. The third-order valence-corrected chi connectivity index (χ3v) is 3.24. The lowest BCUT2D eigenvalue weighted by molar-refractivity contribution is -0.131. The summed E-state index contributed by atoms with van der Waals surface area (Å²) in [6.07, 6.45) is 3.17. The first kappa shape index (κ1) is 13.6. The molecule has 19 heavy (non-hydrogen) atoms. The summed E-state index contributed by atoms with van der Waals surface area (Å²) in [5.74, 6) is -0.00832. The van der Waals surface area contributed by atoms with E-state index < -0.39 is 0 Å². The van der Waals surface area contributed by atoms with E-state index in [1.807, 2.05) is 24.3 Å². The third kappa shape index (κ3) is 3.82. The number of carbonyl (C=O) groups is 1. The van der Waals surface area contributed by atoms with Crippen molar-refractivity contribution in [3.05, 3.63) is 46.7 Å². The Bertz CT molecular complexity index is 564. The average molecular weight is 323 g/mol. The SMILES string of the molecule is CN(Cc1ccc(Br)cc1)C(=O)Cn1cc(N)cn1. The zero-order chi connectivity index (χ0) is 13.8. The molecule has 1 aromatic heterocycles. The highest BCUT2D eigenvalue weighted by Crippen LogP contribution is 2.12. The number of aromatic nitrogens is 2. The Morgan fingerprint density at radius 1 is 1.42 bits per heavy atom. The molecule has 0 saturated heterocycles. The highest BCUT2D eigenvalue weighted by molar-refractivity contribution is 9.10. The molecule has 2 aromatic rings. The summed E-state index contributed by atoms with van der Waals surface area (Å²) in [6.45, 7) is 0.771. The van der Waals surface area contributed by atoms with Crippen molar-refractivity contribution in [2.45, 2.75) is 13.1 Å². The Balaban J connectivity index is 1.94. The Morgan fingerprint density at radius 2 is 2.11 bits per heavy atom. The number of carbonyl (C=O) groups excluding carboxylic acids is 1. The molecule has 2 rings (SSSR count). The molecule has 100 valence electrons. The van der Waals surface area contributed by atoms with Gasteiger partial charge in [-0.1, -0.05) is 28.1 Å². The smallest absolute Gasteiger partial charge is 0.244 e. The summed E-state index contributed by atoms with van der Waals surface area (Å²) in [5, 5.41) is 3.99. The number of amides is 1. The second kappa shape index (κ2) is 5.88. The second-order valence-electron chi connectivity index (χ2n) is 4.35. The van der Waals surface area contributed by atoms with E-state index in [2.05, 4.69) is 21.0 Å². The molecule has 5 nitrogen and oxygen atoms in total. The van der Waals surface area contributed by atoms with Crippen LogP contribution in [0.2, 0.25) is 0 Å². The van der Waals surface area contributed by atoms with Gasteiger partial charge >= 0.3 is 0 Å². The molecular weight excluding hydrogens is 308 g/mol. The van der Waals surface area contributed by atoms with Gasteiger partial charge in [0, 0.05) is 24.3 Å². The predicted octanol–water partition coefficient (Wildman–Crippen LogP) is 1.89. The van der Waals surface area contributed by atoms with Gasteiger partial charge in [0.05, 0.1) is 11.9 Å². The van der Waals surface area contributed by atoms with E-state index in [9.17, 15) is 4.79 Å². The number of hydrogen-bond donors (Lipinski definition) is 1. The van der Waals surface area contributed by atoms with Crippen molar-refractivity contribution in [2.24, 2.45) is 0 Å². The van der Waals surface area contributed by atoms with E-state index in [0.717, 1.165) is 10.0 Å². The minimum Gasteiger partial charge on any atom is -0.396 e. The first-order valence-electron chi connectivity index (χ1n) is 5.81. The van der Waals surface area contributed by atoms with Gasteiger partial charge in [0.25, 0.3) is 0 Å².